The molecular weight excluding hydrogens is 128 g/mol. The van der Waals surface area contributed by atoms with Gasteiger partial charge in [-0.25, -0.2) is 0 Å². The Hall–Kier alpha value is -0.570. The lowest BCUT2D eigenvalue weighted by Crippen LogP contribution is -2.18. The van der Waals surface area contributed by atoms with Gasteiger partial charge in [0.25, 0.3) is 0 Å². The summed E-state index contributed by atoms with van der Waals surface area (Å²) in [5.74, 6) is 0. The molecule has 0 aromatic heterocycles. The van der Waals surface area contributed by atoms with Crippen LogP contribution in [0.1, 0.15) is 32.1 Å². The van der Waals surface area contributed by atoms with E-state index in [1.54, 1.807) is 0 Å². The summed E-state index contributed by atoms with van der Waals surface area (Å²) in [4.78, 5) is 0. The number of hydrogen-bond acceptors (Lipinski definition) is 3. The third-order valence-corrected chi connectivity index (χ3v) is 1.99. The summed E-state index contributed by atoms with van der Waals surface area (Å²) in [5, 5.41) is 11.7. The van der Waals surface area contributed by atoms with Gasteiger partial charge in [-0.3, -0.25) is 0 Å². The highest BCUT2D eigenvalue weighted by atomic mass is 16.4. The molecule has 58 valence electrons. The van der Waals surface area contributed by atoms with E-state index < -0.39 is 0 Å². The second-order valence-corrected chi connectivity index (χ2v) is 2.86. The van der Waals surface area contributed by atoms with Crippen LogP contribution in [0.15, 0.2) is 5.16 Å². The van der Waals surface area contributed by atoms with E-state index in [0.717, 1.165) is 37.8 Å². The van der Waals surface area contributed by atoms with Crippen LogP contribution >= 0.6 is 0 Å². The van der Waals surface area contributed by atoms with E-state index in [1.807, 2.05) is 0 Å². The Morgan fingerprint density at radius 3 is 2.90 bits per heavy atom. The van der Waals surface area contributed by atoms with Crippen molar-refractivity contribution in [1.29, 1.82) is 0 Å². The highest BCUT2D eigenvalue weighted by Gasteiger charge is 2.11. The van der Waals surface area contributed by atoms with Gasteiger partial charge in [-0.2, -0.15) is 0 Å². The van der Waals surface area contributed by atoms with Crippen molar-refractivity contribution in [3.8, 4) is 0 Å². The van der Waals surface area contributed by atoms with E-state index in [0.29, 0.717) is 6.04 Å². The average molecular weight is 142 g/mol. The zero-order valence-corrected chi connectivity index (χ0v) is 6.08. The molecule has 3 nitrogen and oxygen atoms in total. The lowest BCUT2D eigenvalue weighted by molar-refractivity contribution is 0.316. The minimum absolute atomic E-state index is 0.319. The summed E-state index contributed by atoms with van der Waals surface area (Å²) < 4.78 is 0. The Balaban J connectivity index is 2.41. The van der Waals surface area contributed by atoms with Crippen LogP contribution < -0.4 is 5.73 Å². The zero-order valence-electron chi connectivity index (χ0n) is 6.08. The second kappa shape index (κ2) is 3.56. The molecule has 1 aliphatic rings. The lowest BCUT2D eigenvalue weighted by Gasteiger charge is -2.03. The molecular formula is C7H14N2O. The number of oxime groups is 1. The van der Waals surface area contributed by atoms with E-state index in [4.69, 9.17) is 10.9 Å². The monoisotopic (exact) mass is 142 g/mol. The van der Waals surface area contributed by atoms with Crippen molar-refractivity contribution in [2.24, 2.45) is 10.9 Å². The van der Waals surface area contributed by atoms with Crippen molar-refractivity contribution in [2.75, 3.05) is 0 Å². The van der Waals surface area contributed by atoms with Crippen LogP contribution in [0.3, 0.4) is 0 Å². The molecule has 1 unspecified atom stereocenters. The summed E-state index contributed by atoms with van der Waals surface area (Å²) in [7, 11) is 0. The van der Waals surface area contributed by atoms with Gasteiger partial charge < -0.3 is 10.9 Å². The second-order valence-electron chi connectivity index (χ2n) is 2.86. The van der Waals surface area contributed by atoms with Crippen molar-refractivity contribution >= 4 is 5.71 Å². The maximum Gasteiger partial charge on any atom is 0.0571 e. The Kier molecular flexibility index (Phi) is 2.68. The standard InChI is InChI=1S/C7H14N2O/c8-6-2-1-3-7(9-10)5-4-6/h6,10H,1-5,8H2/b9-7-. The van der Waals surface area contributed by atoms with Gasteiger partial charge in [0, 0.05) is 6.04 Å². The molecule has 0 heterocycles. The van der Waals surface area contributed by atoms with Crippen molar-refractivity contribution in [3.63, 3.8) is 0 Å². The summed E-state index contributed by atoms with van der Waals surface area (Å²) in [6, 6.07) is 0.319. The summed E-state index contributed by atoms with van der Waals surface area (Å²) >= 11 is 0. The van der Waals surface area contributed by atoms with E-state index in [1.165, 1.54) is 0 Å². The molecule has 0 radical (unpaired) electrons. The molecule has 0 amide bonds. The van der Waals surface area contributed by atoms with Gasteiger partial charge in [-0.15, -0.1) is 0 Å². The molecule has 1 aliphatic carbocycles. The fourth-order valence-corrected chi connectivity index (χ4v) is 1.29. The maximum atomic E-state index is 8.45. The summed E-state index contributed by atoms with van der Waals surface area (Å²) in [6.45, 7) is 0. The third kappa shape index (κ3) is 1.99. The van der Waals surface area contributed by atoms with Gasteiger partial charge in [-0.1, -0.05) is 5.16 Å². The van der Waals surface area contributed by atoms with Crippen LogP contribution in [0.4, 0.5) is 0 Å². The van der Waals surface area contributed by atoms with Gasteiger partial charge in [-0.05, 0) is 32.1 Å². The van der Waals surface area contributed by atoms with Crippen LogP contribution in [0.25, 0.3) is 0 Å². The van der Waals surface area contributed by atoms with Gasteiger partial charge >= 0.3 is 0 Å². The fraction of sp³-hybridized carbons (Fsp3) is 0.857. The first kappa shape index (κ1) is 7.54. The molecule has 3 heteroatoms. The first-order chi connectivity index (χ1) is 4.83. The van der Waals surface area contributed by atoms with Crippen LogP contribution in [0.5, 0.6) is 0 Å². The van der Waals surface area contributed by atoms with E-state index in [9.17, 15) is 0 Å². The number of rotatable bonds is 0. The van der Waals surface area contributed by atoms with Crippen LogP contribution in [-0.4, -0.2) is 17.0 Å². The van der Waals surface area contributed by atoms with Gasteiger partial charge in [0.2, 0.25) is 0 Å². The topological polar surface area (TPSA) is 58.6 Å². The smallest absolute Gasteiger partial charge is 0.0571 e. The maximum absolute atomic E-state index is 8.45. The summed E-state index contributed by atoms with van der Waals surface area (Å²) in [5.41, 5.74) is 6.63. The number of hydrogen-bond donors (Lipinski definition) is 2. The first-order valence-corrected chi connectivity index (χ1v) is 3.78. The van der Waals surface area contributed by atoms with Crippen molar-refractivity contribution in [3.05, 3.63) is 0 Å². The zero-order chi connectivity index (χ0) is 7.40. The SMILES string of the molecule is NC1CCC/C(=N/O)CC1. The van der Waals surface area contributed by atoms with Gasteiger partial charge in [0.05, 0.1) is 5.71 Å². The van der Waals surface area contributed by atoms with Crippen molar-refractivity contribution in [1.82, 2.24) is 0 Å². The summed E-state index contributed by atoms with van der Waals surface area (Å²) in [6.07, 6.45) is 4.90. The number of nitrogens with zero attached hydrogens (tertiary/aromatic N) is 1. The van der Waals surface area contributed by atoms with Crippen LogP contribution in [-0.2, 0) is 0 Å². The lowest BCUT2D eigenvalue weighted by atomic mass is 10.1. The van der Waals surface area contributed by atoms with E-state index in [-0.39, 0.29) is 0 Å². The highest BCUT2D eigenvalue weighted by molar-refractivity contribution is 5.84. The molecule has 0 aromatic carbocycles. The molecule has 0 aliphatic heterocycles. The Morgan fingerprint density at radius 2 is 2.20 bits per heavy atom. The van der Waals surface area contributed by atoms with Crippen LogP contribution in [0.2, 0.25) is 0 Å². The normalized spacial score (nSPS) is 32.1. The molecule has 0 bridgehead atoms. The minimum atomic E-state index is 0.319. The molecule has 0 saturated heterocycles. The predicted molar refractivity (Wildman–Crippen MR) is 40.3 cm³/mol. The first-order valence-electron chi connectivity index (χ1n) is 3.78. The molecule has 3 N–H and O–H groups in total. The average Bonchev–Trinajstić information content (AvgIpc) is 2.14. The van der Waals surface area contributed by atoms with Crippen LogP contribution in [0, 0.1) is 0 Å². The number of nitrogens with two attached hydrogens (primary N) is 1. The molecule has 0 spiro atoms. The molecule has 1 fully saturated rings. The molecule has 0 aromatic rings. The molecule has 1 atom stereocenters. The predicted octanol–water partition coefficient (Wildman–Crippen LogP) is 1.11. The quantitative estimate of drug-likeness (QED) is 0.302. The largest absolute Gasteiger partial charge is 0.411 e. The Labute approximate surface area is 60.9 Å². The Bertz CT molecular complexity index is 134. The molecule has 1 rings (SSSR count). The highest BCUT2D eigenvalue weighted by Crippen LogP contribution is 2.13. The third-order valence-electron chi connectivity index (χ3n) is 1.99. The van der Waals surface area contributed by atoms with Crippen molar-refractivity contribution < 1.29 is 5.21 Å². The minimum Gasteiger partial charge on any atom is -0.411 e. The van der Waals surface area contributed by atoms with Crippen molar-refractivity contribution in [2.45, 2.75) is 38.1 Å². The van der Waals surface area contributed by atoms with Gasteiger partial charge in [0.15, 0.2) is 0 Å². The molecule has 1 saturated carbocycles. The Morgan fingerprint density at radius 1 is 1.40 bits per heavy atom. The van der Waals surface area contributed by atoms with E-state index in [2.05, 4.69) is 5.16 Å². The van der Waals surface area contributed by atoms with E-state index >= 15 is 0 Å². The molecule has 10 heavy (non-hydrogen) atoms. The van der Waals surface area contributed by atoms with Gasteiger partial charge in [0.1, 0.15) is 0 Å². The fourth-order valence-electron chi connectivity index (χ4n) is 1.29.